The molecule has 0 spiro atoms. The van der Waals surface area contributed by atoms with Crippen LogP contribution in [0.2, 0.25) is 0 Å². The van der Waals surface area contributed by atoms with Gasteiger partial charge < -0.3 is 5.11 Å². The zero-order chi connectivity index (χ0) is 14.7. The van der Waals surface area contributed by atoms with E-state index in [2.05, 4.69) is 34.8 Å². The van der Waals surface area contributed by atoms with Crippen LogP contribution >= 0.6 is 27.3 Å². The molecule has 0 amide bonds. The fourth-order valence-corrected chi connectivity index (χ4v) is 3.40. The Morgan fingerprint density at radius 1 is 1.45 bits per heavy atom. The Balaban J connectivity index is 2.26. The van der Waals surface area contributed by atoms with Crippen molar-refractivity contribution in [3.8, 4) is 0 Å². The lowest BCUT2D eigenvalue weighted by molar-refractivity contribution is 0.0700. The maximum absolute atomic E-state index is 11.3. The van der Waals surface area contributed by atoms with E-state index in [-0.39, 0.29) is 0 Å². The van der Waals surface area contributed by atoms with E-state index in [1.54, 1.807) is 0 Å². The molecule has 2 aromatic rings. The number of rotatable bonds is 5. The third kappa shape index (κ3) is 3.90. The molecule has 0 fully saturated rings. The van der Waals surface area contributed by atoms with Crippen LogP contribution in [0.1, 0.15) is 39.8 Å². The smallest absolute Gasteiger partial charge is 0.347 e. The normalized spacial score (nSPS) is 11.0. The lowest BCUT2D eigenvalue weighted by atomic mass is 10.1. The minimum Gasteiger partial charge on any atom is -0.477 e. The molecule has 106 valence electrons. The maximum atomic E-state index is 11.3. The Bertz CT molecular complexity index is 622. The van der Waals surface area contributed by atoms with Gasteiger partial charge in [-0.1, -0.05) is 41.9 Å². The van der Waals surface area contributed by atoms with Gasteiger partial charge in [0.15, 0.2) is 0 Å². The standard InChI is InChI=1S/C15H16BrNO2S/c1-9(2)6-12-14(15(18)19)20-13(17-12)8-10-4-3-5-11(16)7-10/h3-5,7,9H,6,8H2,1-2H3,(H,18,19). The molecule has 0 aliphatic carbocycles. The van der Waals surface area contributed by atoms with E-state index in [0.717, 1.165) is 15.0 Å². The van der Waals surface area contributed by atoms with E-state index < -0.39 is 5.97 Å². The van der Waals surface area contributed by atoms with Crippen molar-refractivity contribution in [2.24, 2.45) is 5.92 Å². The number of nitrogens with zero attached hydrogens (tertiary/aromatic N) is 1. The highest BCUT2D eigenvalue weighted by Crippen LogP contribution is 2.24. The second-order valence-corrected chi connectivity index (χ2v) is 7.09. The number of halogens is 1. The molecule has 0 atom stereocenters. The summed E-state index contributed by atoms with van der Waals surface area (Å²) in [6.45, 7) is 4.14. The number of hydrogen-bond donors (Lipinski definition) is 1. The van der Waals surface area contributed by atoms with Crippen LogP contribution in [0.3, 0.4) is 0 Å². The van der Waals surface area contributed by atoms with Crippen LogP contribution in [-0.2, 0) is 12.8 Å². The first-order valence-electron chi connectivity index (χ1n) is 6.42. The molecular formula is C15H16BrNO2S. The summed E-state index contributed by atoms with van der Waals surface area (Å²) in [7, 11) is 0. The lowest BCUT2D eigenvalue weighted by Crippen LogP contribution is -2.02. The Hall–Kier alpha value is -1.20. The summed E-state index contributed by atoms with van der Waals surface area (Å²) in [6.07, 6.45) is 1.37. The summed E-state index contributed by atoms with van der Waals surface area (Å²) in [5.41, 5.74) is 1.84. The third-order valence-corrected chi connectivity index (χ3v) is 4.36. The number of aromatic carboxylic acids is 1. The van der Waals surface area contributed by atoms with Gasteiger partial charge in [0.05, 0.1) is 10.7 Å². The first-order chi connectivity index (χ1) is 9.45. The van der Waals surface area contributed by atoms with E-state index in [9.17, 15) is 9.90 Å². The SMILES string of the molecule is CC(C)Cc1nc(Cc2cccc(Br)c2)sc1C(=O)O. The van der Waals surface area contributed by atoms with Crippen molar-refractivity contribution < 1.29 is 9.90 Å². The van der Waals surface area contributed by atoms with E-state index in [1.807, 2.05) is 24.3 Å². The number of aromatic nitrogens is 1. The molecule has 1 N–H and O–H groups in total. The first-order valence-corrected chi connectivity index (χ1v) is 8.03. The predicted octanol–water partition coefficient (Wildman–Crippen LogP) is 4.39. The second kappa shape index (κ2) is 6.50. The number of carboxylic acid groups (broad SMARTS) is 1. The molecule has 20 heavy (non-hydrogen) atoms. The monoisotopic (exact) mass is 353 g/mol. The van der Waals surface area contributed by atoms with Crippen molar-refractivity contribution in [1.29, 1.82) is 0 Å². The summed E-state index contributed by atoms with van der Waals surface area (Å²) in [6, 6.07) is 8.00. The van der Waals surface area contributed by atoms with Gasteiger partial charge >= 0.3 is 5.97 Å². The molecule has 5 heteroatoms. The molecule has 0 aliphatic heterocycles. The molecule has 2 rings (SSSR count). The average Bonchev–Trinajstić information content (AvgIpc) is 2.71. The zero-order valence-corrected chi connectivity index (χ0v) is 13.8. The van der Waals surface area contributed by atoms with E-state index in [4.69, 9.17) is 0 Å². The Labute approximate surface area is 130 Å². The van der Waals surface area contributed by atoms with E-state index in [0.29, 0.717) is 29.3 Å². The molecule has 1 aromatic carbocycles. The largest absolute Gasteiger partial charge is 0.477 e. The second-order valence-electron chi connectivity index (χ2n) is 5.09. The van der Waals surface area contributed by atoms with Crippen molar-refractivity contribution in [1.82, 2.24) is 4.98 Å². The highest BCUT2D eigenvalue weighted by molar-refractivity contribution is 9.10. The van der Waals surface area contributed by atoms with Crippen molar-refractivity contribution >= 4 is 33.2 Å². The van der Waals surface area contributed by atoms with Crippen LogP contribution in [0, 0.1) is 5.92 Å². The first kappa shape index (κ1) is 15.2. The van der Waals surface area contributed by atoms with Gasteiger partial charge in [0, 0.05) is 10.9 Å². The fourth-order valence-electron chi connectivity index (χ4n) is 1.99. The number of benzene rings is 1. The van der Waals surface area contributed by atoms with Crippen molar-refractivity contribution in [3.05, 3.63) is 49.9 Å². The minimum absolute atomic E-state index is 0.378. The van der Waals surface area contributed by atoms with Gasteiger partial charge in [0.1, 0.15) is 4.88 Å². The third-order valence-electron chi connectivity index (χ3n) is 2.78. The van der Waals surface area contributed by atoms with Crippen LogP contribution < -0.4 is 0 Å². The van der Waals surface area contributed by atoms with Crippen LogP contribution in [0.5, 0.6) is 0 Å². The molecule has 1 aromatic heterocycles. The van der Waals surface area contributed by atoms with Gasteiger partial charge in [-0.25, -0.2) is 9.78 Å². The number of hydrogen-bond acceptors (Lipinski definition) is 3. The van der Waals surface area contributed by atoms with Gasteiger partial charge in [0.25, 0.3) is 0 Å². The zero-order valence-electron chi connectivity index (χ0n) is 11.4. The van der Waals surface area contributed by atoms with Gasteiger partial charge in [-0.05, 0) is 30.0 Å². The van der Waals surface area contributed by atoms with Gasteiger partial charge in [-0.2, -0.15) is 0 Å². The molecule has 0 saturated carbocycles. The van der Waals surface area contributed by atoms with Crippen LogP contribution in [0.4, 0.5) is 0 Å². The maximum Gasteiger partial charge on any atom is 0.347 e. The van der Waals surface area contributed by atoms with Gasteiger partial charge in [0.2, 0.25) is 0 Å². The summed E-state index contributed by atoms with van der Waals surface area (Å²) < 4.78 is 1.02. The molecule has 0 radical (unpaired) electrons. The van der Waals surface area contributed by atoms with Gasteiger partial charge in [-0.15, -0.1) is 11.3 Å². The van der Waals surface area contributed by atoms with Crippen molar-refractivity contribution in [2.45, 2.75) is 26.7 Å². The summed E-state index contributed by atoms with van der Waals surface area (Å²) in [4.78, 5) is 16.2. The molecule has 0 aliphatic rings. The average molecular weight is 354 g/mol. The Morgan fingerprint density at radius 2 is 2.20 bits per heavy atom. The quantitative estimate of drug-likeness (QED) is 0.866. The van der Waals surface area contributed by atoms with Crippen LogP contribution in [-0.4, -0.2) is 16.1 Å². The molecule has 3 nitrogen and oxygen atoms in total. The minimum atomic E-state index is -0.876. The molecule has 0 bridgehead atoms. The lowest BCUT2D eigenvalue weighted by Gasteiger charge is -2.01. The number of thiazole rings is 1. The molecule has 0 unspecified atom stereocenters. The number of carboxylic acids is 1. The van der Waals surface area contributed by atoms with E-state index in [1.165, 1.54) is 11.3 Å². The molecule has 0 saturated heterocycles. The predicted molar refractivity (Wildman–Crippen MR) is 84.6 cm³/mol. The number of carbonyl (C=O) groups is 1. The topological polar surface area (TPSA) is 50.2 Å². The molecule has 1 heterocycles. The van der Waals surface area contributed by atoms with E-state index >= 15 is 0 Å². The summed E-state index contributed by atoms with van der Waals surface area (Å²) >= 11 is 4.72. The van der Waals surface area contributed by atoms with Gasteiger partial charge in [-0.3, -0.25) is 0 Å². The van der Waals surface area contributed by atoms with Crippen molar-refractivity contribution in [3.63, 3.8) is 0 Å². The summed E-state index contributed by atoms with van der Waals surface area (Å²) in [5.74, 6) is -0.479. The highest BCUT2D eigenvalue weighted by atomic mass is 79.9. The summed E-state index contributed by atoms with van der Waals surface area (Å²) in [5, 5.41) is 10.1. The fraction of sp³-hybridized carbons (Fsp3) is 0.333. The Morgan fingerprint density at radius 3 is 2.80 bits per heavy atom. The van der Waals surface area contributed by atoms with Crippen LogP contribution in [0.25, 0.3) is 0 Å². The van der Waals surface area contributed by atoms with Crippen molar-refractivity contribution in [2.75, 3.05) is 0 Å². The Kier molecular flexibility index (Phi) is 4.94. The van der Waals surface area contributed by atoms with Crippen LogP contribution in [0.15, 0.2) is 28.7 Å². The molecular weight excluding hydrogens is 338 g/mol. The highest BCUT2D eigenvalue weighted by Gasteiger charge is 2.18.